The van der Waals surface area contributed by atoms with Crippen LogP contribution in [0.2, 0.25) is 0 Å². The average molecular weight is 415 g/mol. The van der Waals surface area contributed by atoms with E-state index in [0.29, 0.717) is 30.8 Å². The predicted molar refractivity (Wildman–Crippen MR) is 113 cm³/mol. The molecule has 0 unspecified atom stereocenters. The van der Waals surface area contributed by atoms with Crippen molar-refractivity contribution in [2.24, 2.45) is 0 Å². The van der Waals surface area contributed by atoms with Crippen LogP contribution in [0.4, 0.5) is 10.1 Å². The third-order valence-corrected chi connectivity index (χ3v) is 6.55. The summed E-state index contributed by atoms with van der Waals surface area (Å²) in [4.78, 5) is 14.1. The van der Waals surface area contributed by atoms with Gasteiger partial charge < -0.3 is 4.90 Å². The van der Waals surface area contributed by atoms with Crippen LogP contribution in [-0.4, -0.2) is 38.1 Å². The van der Waals surface area contributed by atoms with E-state index in [4.69, 9.17) is 0 Å². The molecular weight excluding hydrogens is 391 g/mol. The first-order valence-corrected chi connectivity index (χ1v) is 10.9. The predicted octanol–water partition coefficient (Wildman–Crippen LogP) is 3.59. The van der Waals surface area contributed by atoms with Gasteiger partial charge >= 0.3 is 0 Å². The summed E-state index contributed by atoms with van der Waals surface area (Å²) < 4.78 is 39.3. The zero-order valence-electron chi connectivity index (χ0n) is 16.0. The van der Waals surface area contributed by atoms with Gasteiger partial charge in [0.1, 0.15) is 5.82 Å². The molecule has 0 aliphatic carbocycles. The van der Waals surface area contributed by atoms with Crippen molar-refractivity contribution in [1.82, 2.24) is 4.90 Å². The summed E-state index contributed by atoms with van der Waals surface area (Å²) in [6, 6.07) is 13.3. The SMILES string of the molecule is C=CCN(Cc1ccccc1F)C(=O)/C=C/c1ccc(N2CCCS2(=O)=O)cc1. The minimum absolute atomic E-state index is 0.146. The maximum absolute atomic E-state index is 13.9. The summed E-state index contributed by atoms with van der Waals surface area (Å²) in [5.74, 6) is -0.449. The number of sulfonamides is 1. The van der Waals surface area contributed by atoms with Crippen LogP contribution in [0.15, 0.2) is 67.3 Å². The fourth-order valence-corrected chi connectivity index (χ4v) is 4.74. The molecule has 1 saturated heterocycles. The Labute approximate surface area is 170 Å². The second-order valence-electron chi connectivity index (χ2n) is 6.77. The summed E-state index contributed by atoms with van der Waals surface area (Å²) in [7, 11) is -3.22. The van der Waals surface area contributed by atoms with Crippen LogP contribution in [0.25, 0.3) is 6.08 Å². The molecule has 3 rings (SSSR count). The number of hydrogen-bond acceptors (Lipinski definition) is 3. The van der Waals surface area contributed by atoms with Gasteiger partial charge in [-0.15, -0.1) is 6.58 Å². The number of halogens is 1. The Bertz CT molecular complexity index is 1020. The summed E-state index contributed by atoms with van der Waals surface area (Å²) in [6.07, 6.45) is 5.30. The molecule has 1 aliphatic heterocycles. The van der Waals surface area contributed by atoms with Gasteiger partial charge in [-0.05, 0) is 36.3 Å². The first-order chi connectivity index (χ1) is 13.9. The lowest BCUT2D eigenvalue weighted by Crippen LogP contribution is -2.29. The lowest BCUT2D eigenvalue weighted by Gasteiger charge is -2.20. The second-order valence-corrected chi connectivity index (χ2v) is 8.78. The van der Waals surface area contributed by atoms with Crippen molar-refractivity contribution in [3.05, 3.63) is 84.2 Å². The van der Waals surface area contributed by atoms with Crippen LogP contribution in [0, 0.1) is 5.82 Å². The van der Waals surface area contributed by atoms with Crippen molar-refractivity contribution in [3.8, 4) is 0 Å². The molecule has 0 spiro atoms. The van der Waals surface area contributed by atoms with Crippen molar-refractivity contribution in [2.45, 2.75) is 13.0 Å². The quantitative estimate of drug-likeness (QED) is 0.514. The van der Waals surface area contributed by atoms with Crippen LogP contribution < -0.4 is 4.31 Å². The Hall–Kier alpha value is -2.93. The molecule has 0 saturated carbocycles. The topological polar surface area (TPSA) is 57.7 Å². The number of nitrogens with zero attached hydrogens (tertiary/aromatic N) is 2. The summed E-state index contributed by atoms with van der Waals surface area (Å²) in [5, 5.41) is 0. The van der Waals surface area contributed by atoms with Crippen molar-refractivity contribution >= 4 is 27.7 Å². The number of benzene rings is 2. The van der Waals surface area contributed by atoms with E-state index in [-0.39, 0.29) is 24.0 Å². The number of carbonyl (C=O) groups is 1. The molecule has 1 heterocycles. The van der Waals surface area contributed by atoms with E-state index in [0.717, 1.165) is 5.56 Å². The maximum atomic E-state index is 13.9. The van der Waals surface area contributed by atoms with E-state index in [2.05, 4.69) is 6.58 Å². The molecule has 1 fully saturated rings. The zero-order valence-corrected chi connectivity index (χ0v) is 16.8. The fourth-order valence-electron chi connectivity index (χ4n) is 3.17. The number of amides is 1. The van der Waals surface area contributed by atoms with Crippen molar-refractivity contribution in [1.29, 1.82) is 0 Å². The van der Waals surface area contributed by atoms with E-state index in [1.54, 1.807) is 54.6 Å². The first-order valence-electron chi connectivity index (χ1n) is 9.32. The molecule has 0 radical (unpaired) electrons. The molecule has 1 amide bonds. The highest BCUT2D eigenvalue weighted by molar-refractivity contribution is 7.93. The van der Waals surface area contributed by atoms with Crippen LogP contribution in [0.1, 0.15) is 17.5 Å². The molecule has 7 heteroatoms. The van der Waals surface area contributed by atoms with E-state index in [9.17, 15) is 17.6 Å². The van der Waals surface area contributed by atoms with Gasteiger partial charge in [0.15, 0.2) is 0 Å². The highest BCUT2D eigenvalue weighted by Crippen LogP contribution is 2.24. The Kier molecular flexibility index (Phi) is 6.49. The smallest absolute Gasteiger partial charge is 0.247 e. The van der Waals surface area contributed by atoms with E-state index in [1.807, 2.05) is 0 Å². The zero-order chi connectivity index (χ0) is 20.9. The highest BCUT2D eigenvalue weighted by Gasteiger charge is 2.28. The summed E-state index contributed by atoms with van der Waals surface area (Å²) >= 11 is 0. The first kappa shape index (κ1) is 20.8. The number of anilines is 1. The van der Waals surface area contributed by atoms with Gasteiger partial charge in [0.05, 0.1) is 11.4 Å². The fraction of sp³-hybridized carbons (Fsp3) is 0.227. The molecule has 152 valence electrons. The Morgan fingerprint density at radius 3 is 2.52 bits per heavy atom. The van der Waals surface area contributed by atoms with Crippen molar-refractivity contribution < 1.29 is 17.6 Å². The molecule has 2 aromatic carbocycles. The minimum atomic E-state index is -3.22. The molecule has 29 heavy (non-hydrogen) atoms. The van der Waals surface area contributed by atoms with E-state index < -0.39 is 10.0 Å². The maximum Gasteiger partial charge on any atom is 0.247 e. The Morgan fingerprint density at radius 2 is 1.90 bits per heavy atom. The molecular formula is C22H23FN2O3S. The Morgan fingerprint density at radius 1 is 1.17 bits per heavy atom. The van der Waals surface area contributed by atoms with Crippen LogP contribution in [0.3, 0.4) is 0 Å². The van der Waals surface area contributed by atoms with Crippen LogP contribution in [-0.2, 0) is 21.4 Å². The standard InChI is InChI=1S/C22H23FN2O3S/c1-2-14-24(17-19-6-3-4-7-21(19)23)22(26)13-10-18-8-11-20(12-9-18)25-15-5-16-29(25,27)28/h2-4,6-13H,1,5,14-17H2/b13-10+. The largest absolute Gasteiger partial charge is 0.331 e. The molecule has 0 aromatic heterocycles. The lowest BCUT2D eigenvalue weighted by atomic mass is 10.1. The highest BCUT2D eigenvalue weighted by atomic mass is 32.2. The minimum Gasteiger partial charge on any atom is -0.331 e. The number of hydrogen-bond donors (Lipinski definition) is 0. The third-order valence-electron chi connectivity index (χ3n) is 4.68. The van der Waals surface area contributed by atoms with Gasteiger partial charge in [0, 0.05) is 31.3 Å². The van der Waals surface area contributed by atoms with Gasteiger partial charge in [0.25, 0.3) is 0 Å². The van der Waals surface area contributed by atoms with Crippen LogP contribution in [0.5, 0.6) is 0 Å². The normalized spacial score (nSPS) is 15.6. The van der Waals surface area contributed by atoms with E-state index in [1.165, 1.54) is 21.3 Å². The van der Waals surface area contributed by atoms with Crippen molar-refractivity contribution in [3.63, 3.8) is 0 Å². The molecule has 1 aliphatic rings. The van der Waals surface area contributed by atoms with Gasteiger partial charge in [-0.25, -0.2) is 12.8 Å². The van der Waals surface area contributed by atoms with Gasteiger partial charge in [-0.3, -0.25) is 9.10 Å². The van der Waals surface area contributed by atoms with Gasteiger partial charge in [-0.1, -0.05) is 36.4 Å². The monoisotopic (exact) mass is 414 g/mol. The van der Waals surface area contributed by atoms with Crippen molar-refractivity contribution in [2.75, 3.05) is 23.1 Å². The molecule has 0 N–H and O–H groups in total. The number of carbonyl (C=O) groups excluding carboxylic acids is 1. The van der Waals surface area contributed by atoms with Gasteiger partial charge in [-0.2, -0.15) is 0 Å². The van der Waals surface area contributed by atoms with Gasteiger partial charge in [0.2, 0.25) is 15.9 Å². The molecule has 0 atom stereocenters. The lowest BCUT2D eigenvalue weighted by molar-refractivity contribution is -0.126. The average Bonchev–Trinajstić information content (AvgIpc) is 3.07. The Balaban J connectivity index is 1.69. The third kappa shape index (κ3) is 5.12. The van der Waals surface area contributed by atoms with Crippen LogP contribution >= 0.6 is 0 Å². The second kappa shape index (κ2) is 9.05. The number of rotatable bonds is 7. The summed E-state index contributed by atoms with van der Waals surface area (Å²) in [6.45, 7) is 4.59. The summed E-state index contributed by atoms with van der Waals surface area (Å²) in [5.41, 5.74) is 1.83. The molecule has 2 aromatic rings. The van der Waals surface area contributed by atoms with E-state index >= 15 is 0 Å². The molecule has 0 bridgehead atoms. The molecule has 5 nitrogen and oxygen atoms in total.